The molecule has 0 radical (unpaired) electrons. The van der Waals surface area contributed by atoms with Crippen molar-refractivity contribution in [1.82, 2.24) is 9.97 Å². The zero-order valence-corrected chi connectivity index (χ0v) is 14.6. The van der Waals surface area contributed by atoms with Gasteiger partial charge in [0.25, 0.3) is 0 Å². The van der Waals surface area contributed by atoms with Gasteiger partial charge in [-0.05, 0) is 47.7 Å². The van der Waals surface area contributed by atoms with Crippen molar-refractivity contribution < 1.29 is 17.3 Å². The summed E-state index contributed by atoms with van der Waals surface area (Å²) in [6, 6.07) is 8.40. The fourth-order valence-electron chi connectivity index (χ4n) is 2.55. The summed E-state index contributed by atoms with van der Waals surface area (Å²) in [5.41, 5.74) is 3.66. The largest absolute Gasteiger partial charge is 0.673 e. The van der Waals surface area contributed by atoms with E-state index in [1.165, 1.54) is 42.5 Å². The van der Waals surface area contributed by atoms with Crippen LogP contribution in [0.1, 0.15) is 45.2 Å². The Morgan fingerprint density at radius 1 is 0.960 bits per heavy atom. The molecular formula is C18H24BF4N2-. The molecule has 2 rings (SSSR count). The van der Waals surface area contributed by atoms with Crippen LogP contribution in [0.5, 0.6) is 0 Å². The Kier molecular flexibility index (Phi) is 9.17. The van der Waals surface area contributed by atoms with E-state index in [1.807, 2.05) is 30.7 Å². The second-order valence-electron chi connectivity index (χ2n) is 5.89. The van der Waals surface area contributed by atoms with E-state index in [-0.39, 0.29) is 0 Å². The highest BCUT2D eigenvalue weighted by molar-refractivity contribution is 6.50. The van der Waals surface area contributed by atoms with E-state index in [0.29, 0.717) is 0 Å². The summed E-state index contributed by atoms with van der Waals surface area (Å²) in [5.74, 6) is 0.759. The lowest BCUT2D eigenvalue weighted by Crippen LogP contribution is -2.05. The zero-order valence-electron chi connectivity index (χ0n) is 14.6. The normalized spacial score (nSPS) is 12.2. The van der Waals surface area contributed by atoms with Crippen molar-refractivity contribution in [1.29, 1.82) is 0 Å². The van der Waals surface area contributed by atoms with E-state index in [0.717, 1.165) is 12.3 Å². The second kappa shape index (κ2) is 10.8. The van der Waals surface area contributed by atoms with Gasteiger partial charge in [-0.3, -0.25) is 9.97 Å². The van der Waals surface area contributed by atoms with Gasteiger partial charge in [0.15, 0.2) is 0 Å². The third kappa shape index (κ3) is 9.84. The third-order valence-electron chi connectivity index (χ3n) is 3.87. The summed E-state index contributed by atoms with van der Waals surface area (Å²) < 4.78 is 39.0. The van der Waals surface area contributed by atoms with Crippen LogP contribution in [0, 0.1) is 5.92 Å². The highest BCUT2D eigenvalue weighted by Crippen LogP contribution is 2.22. The number of hydrogen-bond donors (Lipinski definition) is 0. The quantitative estimate of drug-likeness (QED) is 0.436. The Labute approximate surface area is 146 Å². The molecule has 25 heavy (non-hydrogen) atoms. The van der Waals surface area contributed by atoms with E-state index in [2.05, 4.69) is 35.9 Å². The Morgan fingerprint density at radius 2 is 1.56 bits per heavy atom. The lowest BCUT2D eigenvalue weighted by molar-refractivity contribution is 0.368. The van der Waals surface area contributed by atoms with Crippen molar-refractivity contribution in [2.24, 2.45) is 5.92 Å². The van der Waals surface area contributed by atoms with Crippen LogP contribution in [0.25, 0.3) is 11.1 Å². The summed E-state index contributed by atoms with van der Waals surface area (Å²) in [6.07, 6.45) is 11.9. The number of pyridine rings is 2. The van der Waals surface area contributed by atoms with Gasteiger partial charge in [0.05, 0.1) is 0 Å². The molecule has 0 amide bonds. The van der Waals surface area contributed by atoms with E-state index in [9.17, 15) is 17.3 Å². The molecule has 138 valence electrons. The smallest absolute Gasteiger partial charge is 0.418 e. The molecule has 0 fully saturated rings. The van der Waals surface area contributed by atoms with Gasteiger partial charge in [-0.15, -0.1) is 0 Å². The average molecular weight is 355 g/mol. The highest BCUT2D eigenvalue weighted by atomic mass is 19.5. The van der Waals surface area contributed by atoms with Crippen LogP contribution in [0.4, 0.5) is 17.3 Å². The lowest BCUT2D eigenvalue weighted by Gasteiger charge is -2.14. The van der Waals surface area contributed by atoms with Gasteiger partial charge < -0.3 is 17.3 Å². The molecule has 0 bridgehead atoms. The fourth-order valence-corrected chi connectivity index (χ4v) is 2.55. The molecule has 0 aliphatic carbocycles. The fraction of sp³-hybridized carbons (Fsp3) is 0.444. The number of nitrogens with zero attached hydrogens (tertiary/aromatic N) is 2. The maximum atomic E-state index is 9.75. The zero-order chi connectivity index (χ0) is 18.7. The van der Waals surface area contributed by atoms with Crippen LogP contribution in [-0.4, -0.2) is 17.2 Å². The highest BCUT2D eigenvalue weighted by Gasteiger charge is 2.20. The standard InChI is InChI=1S/C18H24N2.BF4/c1-3-5-6-15(4-2)13-18-14-17(9-12-20-18)16-7-10-19-11-8-16;2-1(3,4)5/h7-12,14-15H,3-6,13H2,1-2H3;/q;-1. The van der Waals surface area contributed by atoms with Gasteiger partial charge >= 0.3 is 7.25 Å². The predicted molar refractivity (Wildman–Crippen MR) is 94.7 cm³/mol. The molecule has 0 saturated carbocycles. The van der Waals surface area contributed by atoms with Crippen molar-refractivity contribution >= 4 is 7.25 Å². The van der Waals surface area contributed by atoms with Crippen molar-refractivity contribution in [3.8, 4) is 11.1 Å². The van der Waals surface area contributed by atoms with Crippen molar-refractivity contribution in [2.45, 2.75) is 46.0 Å². The van der Waals surface area contributed by atoms with E-state index in [1.54, 1.807) is 0 Å². The molecule has 0 aliphatic heterocycles. The average Bonchev–Trinajstić information content (AvgIpc) is 2.58. The Morgan fingerprint density at radius 3 is 2.12 bits per heavy atom. The molecule has 2 heterocycles. The van der Waals surface area contributed by atoms with Crippen LogP contribution >= 0.6 is 0 Å². The van der Waals surface area contributed by atoms with Gasteiger partial charge in [0.1, 0.15) is 0 Å². The minimum atomic E-state index is -6.00. The van der Waals surface area contributed by atoms with E-state index in [4.69, 9.17) is 0 Å². The minimum absolute atomic E-state index is 0.759. The van der Waals surface area contributed by atoms with Gasteiger partial charge in [-0.25, -0.2) is 0 Å². The lowest BCUT2D eigenvalue weighted by atomic mass is 9.93. The van der Waals surface area contributed by atoms with Crippen molar-refractivity contribution in [3.63, 3.8) is 0 Å². The summed E-state index contributed by atoms with van der Waals surface area (Å²) in [5, 5.41) is 0. The number of aromatic nitrogens is 2. The Hall–Kier alpha value is -1.92. The summed E-state index contributed by atoms with van der Waals surface area (Å²) in [7, 11) is -6.00. The Bertz CT molecular complexity index is 600. The van der Waals surface area contributed by atoms with Gasteiger partial charge in [0, 0.05) is 24.3 Å². The van der Waals surface area contributed by atoms with E-state index < -0.39 is 7.25 Å². The maximum absolute atomic E-state index is 9.75. The molecule has 2 aromatic heterocycles. The summed E-state index contributed by atoms with van der Waals surface area (Å²) >= 11 is 0. The van der Waals surface area contributed by atoms with E-state index >= 15 is 0 Å². The Balaban J connectivity index is 0.000000550. The molecule has 7 heteroatoms. The molecule has 1 atom stereocenters. The van der Waals surface area contributed by atoms with Crippen LogP contribution in [0.3, 0.4) is 0 Å². The maximum Gasteiger partial charge on any atom is 0.673 e. The van der Waals surface area contributed by atoms with Crippen LogP contribution in [-0.2, 0) is 6.42 Å². The summed E-state index contributed by atoms with van der Waals surface area (Å²) in [4.78, 5) is 8.62. The molecule has 2 nitrogen and oxygen atoms in total. The first-order valence-corrected chi connectivity index (χ1v) is 8.56. The molecular weight excluding hydrogens is 331 g/mol. The third-order valence-corrected chi connectivity index (χ3v) is 3.87. The monoisotopic (exact) mass is 355 g/mol. The first-order chi connectivity index (χ1) is 11.8. The molecule has 2 aromatic rings. The molecule has 0 N–H and O–H groups in total. The number of unbranched alkanes of at least 4 members (excludes halogenated alkanes) is 1. The second-order valence-corrected chi connectivity index (χ2v) is 5.89. The summed E-state index contributed by atoms with van der Waals surface area (Å²) in [6.45, 7) is 4.54. The SMILES string of the molecule is CCCCC(CC)Cc1cc(-c2ccncc2)ccn1.F[B-](F)(F)F. The first kappa shape index (κ1) is 21.1. The van der Waals surface area contributed by atoms with Crippen LogP contribution in [0.2, 0.25) is 0 Å². The van der Waals surface area contributed by atoms with Crippen LogP contribution < -0.4 is 0 Å². The topological polar surface area (TPSA) is 25.8 Å². The molecule has 0 aliphatic rings. The molecule has 0 saturated heterocycles. The molecule has 0 spiro atoms. The number of hydrogen-bond acceptors (Lipinski definition) is 2. The van der Waals surface area contributed by atoms with Gasteiger partial charge in [-0.2, -0.15) is 0 Å². The van der Waals surface area contributed by atoms with Crippen molar-refractivity contribution in [2.75, 3.05) is 0 Å². The minimum Gasteiger partial charge on any atom is -0.418 e. The van der Waals surface area contributed by atoms with Crippen molar-refractivity contribution in [3.05, 3.63) is 48.5 Å². The number of halogens is 4. The number of rotatable bonds is 7. The first-order valence-electron chi connectivity index (χ1n) is 8.56. The van der Waals surface area contributed by atoms with Crippen LogP contribution in [0.15, 0.2) is 42.9 Å². The molecule has 0 aromatic carbocycles. The molecule has 1 unspecified atom stereocenters. The van der Waals surface area contributed by atoms with Gasteiger partial charge in [-0.1, -0.05) is 39.5 Å². The van der Waals surface area contributed by atoms with Gasteiger partial charge in [0.2, 0.25) is 0 Å². The predicted octanol–water partition coefficient (Wildman–Crippen LogP) is 6.20.